The predicted molar refractivity (Wildman–Crippen MR) is 125 cm³/mol. The zero-order valence-corrected chi connectivity index (χ0v) is 20.1. The fraction of sp³-hybridized carbons (Fsp3) is 0.250. The third kappa shape index (κ3) is 5.41. The van der Waals surface area contributed by atoms with E-state index in [1.807, 2.05) is 13.8 Å². The van der Waals surface area contributed by atoms with Gasteiger partial charge in [-0.25, -0.2) is 18.6 Å². The van der Waals surface area contributed by atoms with Gasteiger partial charge in [0.2, 0.25) is 0 Å². The van der Waals surface area contributed by atoms with Gasteiger partial charge >= 0.3 is 5.97 Å². The highest BCUT2D eigenvalue weighted by Gasteiger charge is 2.27. The fourth-order valence-electron chi connectivity index (χ4n) is 3.31. The first-order valence-electron chi connectivity index (χ1n) is 10.2. The minimum absolute atomic E-state index is 0.0141. The van der Waals surface area contributed by atoms with E-state index in [2.05, 4.69) is 16.4 Å². The van der Waals surface area contributed by atoms with Gasteiger partial charge < -0.3 is 10.1 Å². The number of ether oxygens (including phenoxy) is 1. The van der Waals surface area contributed by atoms with Crippen LogP contribution < -0.4 is 5.32 Å². The number of halogens is 3. The topological polar surface area (TPSA) is 92.1 Å². The smallest absolute Gasteiger partial charge is 0.341 e. The number of amides is 1. The van der Waals surface area contributed by atoms with Crippen molar-refractivity contribution in [3.05, 3.63) is 74.4 Å². The molecule has 1 amide bonds. The lowest BCUT2D eigenvalue weighted by Gasteiger charge is -2.15. The van der Waals surface area contributed by atoms with E-state index in [0.717, 1.165) is 23.5 Å². The maximum Gasteiger partial charge on any atom is 0.341 e. The van der Waals surface area contributed by atoms with Crippen LogP contribution >= 0.6 is 22.9 Å². The van der Waals surface area contributed by atoms with Gasteiger partial charge in [-0.3, -0.25) is 4.79 Å². The van der Waals surface area contributed by atoms with Crippen molar-refractivity contribution in [2.45, 2.75) is 26.8 Å². The van der Waals surface area contributed by atoms with Crippen molar-refractivity contribution in [2.24, 2.45) is 5.92 Å². The van der Waals surface area contributed by atoms with Gasteiger partial charge in [-0.05, 0) is 42.2 Å². The number of benzene rings is 1. The molecule has 1 N–H and O–H groups in total. The van der Waals surface area contributed by atoms with E-state index in [1.54, 1.807) is 12.1 Å². The van der Waals surface area contributed by atoms with Crippen LogP contribution in [0.5, 0.6) is 0 Å². The normalized spacial score (nSPS) is 10.8. The van der Waals surface area contributed by atoms with Gasteiger partial charge in [0.05, 0.1) is 23.2 Å². The molecule has 0 radical (unpaired) electrons. The second kappa shape index (κ2) is 10.7. The number of hydrogen-bond donors (Lipinski definition) is 1. The SMILES string of the molecule is COC(=O)c1c(Cl)nc(CC(C)C)c(C#N)c1-c1ccc(C(=O)NCc2ccc(F)c(F)c2)s1. The second-order valence-electron chi connectivity index (χ2n) is 7.77. The summed E-state index contributed by atoms with van der Waals surface area (Å²) in [7, 11) is 1.20. The minimum atomic E-state index is -1.00. The molecule has 0 saturated carbocycles. The third-order valence-corrected chi connectivity index (χ3v) is 6.22. The van der Waals surface area contributed by atoms with Crippen LogP contribution in [-0.4, -0.2) is 24.0 Å². The lowest BCUT2D eigenvalue weighted by atomic mass is 9.96. The average molecular weight is 504 g/mol. The molecule has 1 aromatic carbocycles. The highest BCUT2D eigenvalue weighted by Crippen LogP contribution is 2.38. The van der Waals surface area contributed by atoms with E-state index in [0.29, 0.717) is 22.6 Å². The first-order valence-corrected chi connectivity index (χ1v) is 11.4. The summed E-state index contributed by atoms with van der Waals surface area (Å²) in [5, 5.41) is 12.4. The summed E-state index contributed by atoms with van der Waals surface area (Å²) in [6, 6.07) is 8.63. The van der Waals surface area contributed by atoms with Crippen LogP contribution in [0.2, 0.25) is 5.15 Å². The summed E-state index contributed by atoms with van der Waals surface area (Å²) in [6.07, 6.45) is 0.462. The monoisotopic (exact) mass is 503 g/mol. The molecule has 2 heterocycles. The summed E-state index contributed by atoms with van der Waals surface area (Å²) in [5.74, 6) is -3.01. The van der Waals surface area contributed by atoms with E-state index in [1.165, 1.54) is 13.2 Å². The van der Waals surface area contributed by atoms with E-state index in [4.69, 9.17) is 16.3 Å². The largest absolute Gasteiger partial charge is 0.465 e. The number of nitrogens with one attached hydrogen (secondary N) is 1. The van der Waals surface area contributed by atoms with E-state index in [-0.39, 0.29) is 39.2 Å². The molecule has 34 heavy (non-hydrogen) atoms. The van der Waals surface area contributed by atoms with E-state index in [9.17, 15) is 23.6 Å². The number of nitriles is 1. The molecule has 0 fully saturated rings. The summed E-state index contributed by atoms with van der Waals surface area (Å²) in [6.45, 7) is 3.91. The number of nitrogens with zero attached hydrogens (tertiary/aromatic N) is 2. The molecule has 0 spiro atoms. The highest BCUT2D eigenvalue weighted by atomic mass is 35.5. The molecule has 2 aromatic heterocycles. The molecule has 0 aliphatic heterocycles. The maximum absolute atomic E-state index is 13.4. The van der Waals surface area contributed by atoms with Gasteiger partial charge in [0.25, 0.3) is 5.91 Å². The maximum atomic E-state index is 13.4. The van der Waals surface area contributed by atoms with Crippen LogP contribution in [0.1, 0.15) is 50.7 Å². The van der Waals surface area contributed by atoms with E-state index < -0.39 is 23.5 Å². The Balaban J connectivity index is 1.98. The molecule has 0 saturated heterocycles. The average Bonchev–Trinajstić information content (AvgIpc) is 3.28. The van der Waals surface area contributed by atoms with Gasteiger partial charge in [0.1, 0.15) is 16.8 Å². The van der Waals surface area contributed by atoms with Crippen molar-refractivity contribution in [3.8, 4) is 16.5 Å². The number of pyridine rings is 1. The quantitative estimate of drug-likeness (QED) is 0.338. The minimum Gasteiger partial charge on any atom is -0.465 e. The molecule has 3 aromatic rings. The third-order valence-electron chi connectivity index (χ3n) is 4.84. The summed E-state index contributed by atoms with van der Waals surface area (Å²) >= 11 is 7.38. The zero-order valence-electron chi connectivity index (χ0n) is 18.5. The van der Waals surface area contributed by atoms with Crippen LogP contribution in [0.15, 0.2) is 30.3 Å². The molecule has 0 aliphatic carbocycles. The molecule has 3 rings (SSSR count). The Morgan fingerprint density at radius 2 is 1.97 bits per heavy atom. The fourth-order valence-corrected chi connectivity index (χ4v) is 4.56. The first kappa shape index (κ1) is 25.3. The lowest BCUT2D eigenvalue weighted by Crippen LogP contribution is -2.21. The van der Waals surface area contributed by atoms with Crippen molar-refractivity contribution in [1.82, 2.24) is 10.3 Å². The zero-order chi connectivity index (χ0) is 25.0. The summed E-state index contributed by atoms with van der Waals surface area (Å²) < 4.78 is 31.4. The lowest BCUT2D eigenvalue weighted by molar-refractivity contribution is 0.0601. The first-order chi connectivity index (χ1) is 16.2. The van der Waals surface area contributed by atoms with Gasteiger partial charge in [0, 0.05) is 17.0 Å². The van der Waals surface area contributed by atoms with Gasteiger partial charge in [-0.1, -0.05) is 31.5 Å². The predicted octanol–water partition coefficient (Wildman–Crippen LogP) is 5.53. The molecule has 0 atom stereocenters. The van der Waals surface area contributed by atoms with Gasteiger partial charge in [0.15, 0.2) is 11.6 Å². The van der Waals surface area contributed by atoms with Gasteiger partial charge in [-0.15, -0.1) is 11.3 Å². The molecule has 6 nitrogen and oxygen atoms in total. The number of hydrogen-bond acceptors (Lipinski definition) is 6. The van der Waals surface area contributed by atoms with Crippen LogP contribution in [0.25, 0.3) is 10.4 Å². The van der Waals surface area contributed by atoms with Crippen molar-refractivity contribution in [1.29, 1.82) is 5.26 Å². The van der Waals surface area contributed by atoms with Gasteiger partial charge in [-0.2, -0.15) is 5.26 Å². The number of esters is 1. The van der Waals surface area contributed by atoms with Crippen molar-refractivity contribution < 1.29 is 23.1 Å². The van der Waals surface area contributed by atoms with Crippen molar-refractivity contribution in [2.75, 3.05) is 7.11 Å². The molecular formula is C24H20ClF2N3O3S. The van der Waals surface area contributed by atoms with Crippen LogP contribution in [0, 0.1) is 28.9 Å². The number of carbonyl (C=O) groups is 2. The number of methoxy groups -OCH3 is 1. The molecule has 176 valence electrons. The van der Waals surface area contributed by atoms with Crippen LogP contribution in [0.4, 0.5) is 8.78 Å². The Morgan fingerprint density at radius 3 is 2.59 bits per heavy atom. The number of aromatic nitrogens is 1. The standard InChI is InChI=1S/C24H20ClF2N3O3S/c1-12(2)8-17-14(10-28)20(21(22(25)30-17)24(32)33-3)18-6-7-19(34-18)23(31)29-11-13-4-5-15(26)16(27)9-13/h4-7,9,12H,8,11H2,1-3H3,(H,29,31). The molecular weight excluding hydrogens is 484 g/mol. The van der Waals surface area contributed by atoms with Crippen LogP contribution in [0.3, 0.4) is 0 Å². The number of thiophene rings is 1. The van der Waals surface area contributed by atoms with Crippen molar-refractivity contribution >= 4 is 34.8 Å². The van der Waals surface area contributed by atoms with Crippen molar-refractivity contribution in [3.63, 3.8) is 0 Å². The Labute approximate surface area is 204 Å². The molecule has 0 bridgehead atoms. The van der Waals surface area contributed by atoms with Crippen LogP contribution in [-0.2, 0) is 17.7 Å². The number of rotatable bonds is 7. The number of carbonyl (C=O) groups excluding carboxylic acids is 2. The Hall–Kier alpha value is -3.35. The summed E-state index contributed by atoms with van der Waals surface area (Å²) in [5.41, 5.74) is 1.23. The summed E-state index contributed by atoms with van der Waals surface area (Å²) in [4.78, 5) is 30.2. The molecule has 10 heteroatoms. The molecule has 0 aliphatic rings. The Morgan fingerprint density at radius 1 is 1.24 bits per heavy atom. The Kier molecular flexibility index (Phi) is 7.97. The Bertz CT molecular complexity index is 1300. The second-order valence-corrected chi connectivity index (χ2v) is 9.21. The highest BCUT2D eigenvalue weighted by molar-refractivity contribution is 7.17. The molecule has 0 unspecified atom stereocenters. The van der Waals surface area contributed by atoms with E-state index >= 15 is 0 Å².